The van der Waals surface area contributed by atoms with Crippen molar-refractivity contribution in [3.8, 4) is 0 Å². The van der Waals surface area contributed by atoms with Crippen LogP contribution in [0.4, 0.5) is 21.5 Å². The van der Waals surface area contributed by atoms with Crippen LogP contribution in [0.2, 0.25) is 0 Å². The van der Waals surface area contributed by atoms with E-state index in [1.807, 2.05) is 18.2 Å². The second-order valence-corrected chi connectivity index (χ2v) is 7.14. The number of amides is 3. The lowest BCUT2D eigenvalue weighted by Crippen LogP contribution is -2.28. The standard InChI is InChI=1S/C21H20FN3O3/c1-13(26)24-8-7-14-9-18(5-6-19(14)24)25-12-15(10-20(25)27)21(28)23-17-4-2-3-16(22)11-17/h2-6,9,11,15H,7-8,10,12H2,1H3,(H,23,28)/t15-/m1/s1. The van der Waals surface area contributed by atoms with Crippen LogP contribution in [0, 0.1) is 11.7 Å². The summed E-state index contributed by atoms with van der Waals surface area (Å²) in [5, 5.41) is 2.68. The predicted molar refractivity (Wildman–Crippen MR) is 104 cm³/mol. The monoisotopic (exact) mass is 381 g/mol. The van der Waals surface area contributed by atoms with E-state index in [2.05, 4.69) is 5.32 Å². The van der Waals surface area contributed by atoms with Crippen LogP contribution in [-0.2, 0) is 20.8 Å². The van der Waals surface area contributed by atoms with Gasteiger partial charge in [-0.15, -0.1) is 0 Å². The van der Waals surface area contributed by atoms with Crippen LogP contribution in [0.5, 0.6) is 0 Å². The van der Waals surface area contributed by atoms with Crippen molar-refractivity contribution >= 4 is 34.8 Å². The van der Waals surface area contributed by atoms with E-state index >= 15 is 0 Å². The first-order chi connectivity index (χ1) is 13.4. The third-order valence-corrected chi connectivity index (χ3v) is 5.24. The van der Waals surface area contributed by atoms with E-state index in [1.165, 1.54) is 25.1 Å². The number of halogens is 1. The molecule has 1 atom stereocenters. The Hall–Kier alpha value is -3.22. The summed E-state index contributed by atoms with van der Waals surface area (Å²) < 4.78 is 13.3. The molecule has 0 unspecified atom stereocenters. The van der Waals surface area contributed by atoms with Crippen molar-refractivity contribution < 1.29 is 18.8 Å². The Balaban J connectivity index is 1.48. The van der Waals surface area contributed by atoms with Crippen LogP contribution < -0.4 is 15.1 Å². The summed E-state index contributed by atoms with van der Waals surface area (Å²) >= 11 is 0. The van der Waals surface area contributed by atoms with Gasteiger partial charge in [0, 0.05) is 43.5 Å². The van der Waals surface area contributed by atoms with Crippen LogP contribution in [0.3, 0.4) is 0 Å². The van der Waals surface area contributed by atoms with Gasteiger partial charge < -0.3 is 15.1 Å². The van der Waals surface area contributed by atoms with E-state index in [9.17, 15) is 18.8 Å². The van der Waals surface area contributed by atoms with Crippen molar-refractivity contribution in [3.63, 3.8) is 0 Å². The highest BCUT2D eigenvalue weighted by Gasteiger charge is 2.36. The molecule has 6 nitrogen and oxygen atoms in total. The Bertz CT molecular complexity index is 975. The van der Waals surface area contributed by atoms with Gasteiger partial charge in [-0.1, -0.05) is 6.07 Å². The zero-order chi connectivity index (χ0) is 19.8. The number of nitrogens with zero attached hydrogens (tertiary/aromatic N) is 2. The molecule has 2 heterocycles. The molecule has 4 rings (SSSR count). The maximum absolute atomic E-state index is 13.3. The Labute approximate surface area is 161 Å². The van der Waals surface area contributed by atoms with Crippen molar-refractivity contribution in [2.75, 3.05) is 28.2 Å². The number of anilines is 3. The van der Waals surface area contributed by atoms with Gasteiger partial charge in [0.1, 0.15) is 5.82 Å². The van der Waals surface area contributed by atoms with Crippen LogP contribution in [0.25, 0.3) is 0 Å². The zero-order valence-corrected chi connectivity index (χ0v) is 15.4. The molecule has 3 amide bonds. The molecular formula is C21H20FN3O3. The topological polar surface area (TPSA) is 69.7 Å². The van der Waals surface area contributed by atoms with Gasteiger partial charge in [0.05, 0.1) is 5.92 Å². The first-order valence-corrected chi connectivity index (χ1v) is 9.20. The molecule has 0 spiro atoms. The van der Waals surface area contributed by atoms with Gasteiger partial charge in [0.15, 0.2) is 0 Å². The number of fused-ring (bicyclic) bond motifs is 1. The fraction of sp³-hybridized carbons (Fsp3) is 0.286. The molecule has 144 valence electrons. The molecule has 2 aliphatic rings. The average Bonchev–Trinajstić information content (AvgIpc) is 3.24. The molecule has 1 saturated heterocycles. The fourth-order valence-corrected chi connectivity index (χ4v) is 3.83. The first kappa shape index (κ1) is 18.2. The predicted octanol–water partition coefficient (Wildman–Crippen LogP) is 2.73. The van der Waals surface area contributed by atoms with Crippen LogP contribution in [0.1, 0.15) is 18.9 Å². The first-order valence-electron chi connectivity index (χ1n) is 9.20. The third-order valence-electron chi connectivity index (χ3n) is 5.24. The maximum Gasteiger partial charge on any atom is 0.229 e. The van der Waals surface area contributed by atoms with Crippen molar-refractivity contribution in [2.45, 2.75) is 19.8 Å². The third kappa shape index (κ3) is 3.35. The maximum atomic E-state index is 13.3. The van der Waals surface area contributed by atoms with Gasteiger partial charge in [0.25, 0.3) is 0 Å². The van der Waals surface area contributed by atoms with Crippen molar-refractivity contribution in [1.29, 1.82) is 0 Å². The van der Waals surface area contributed by atoms with Gasteiger partial charge >= 0.3 is 0 Å². The lowest BCUT2D eigenvalue weighted by Gasteiger charge is -2.19. The summed E-state index contributed by atoms with van der Waals surface area (Å²) in [6, 6.07) is 11.3. The van der Waals surface area contributed by atoms with Crippen LogP contribution in [0.15, 0.2) is 42.5 Å². The van der Waals surface area contributed by atoms with Crippen LogP contribution >= 0.6 is 0 Å². The minimum atomic E-state index is -0.502. The molecule has 7 heteroatoms. The summed E-state index contributed by atoms with van der Waals surface area (Å²) in [7, 11) is 0. The van der Waals surface area contributed by atoms with E-state index < -0.39 is 11.7 Å². The number of hydrogen-bond acceptors (Lipinski definition) is 3. The van der Waals surface area contributed by atoms with Crippen LogP contribution in [-0.4, -0.2) is 30.8 Å². The SMILES string of the molecule is CC(=O)N1CCc2cc(N3C[C@H](C(=O)Nc4cccc(F)c4)CC3=O)ccc21. The molecule has 2 aliphatic heterocycles. The summed E-state index contributed by atoms with van der Waals surface area (Å²) in [5.74, 6) is -1.36. The molecular weight excluding hydrogens is 361 g/mol. The second-order valence-electron chi connectivity index (χ2n) is 7.14. The Morgan fingerprint density at radius 1 is 1.18 bits per heavy atom. The number of nitrogens with one attached hydrogen (secondary N) is 1. The molecule has 0 radical (unpaired) electrons. The minimum Gasteiger partial charge on any atom is -0.326 e. The van der Waals surface area contributed by atoms with E-state index in [4.69, 9.17) is 0 Å². The molecule has 28 heavy (non-hydrogen) atoms. The quantitative estimate of drug-likeness (QED) is 0.889. The van der Waals surface area contributed by atoms with Gasteiger partial charge in [-0.3, -0.25) is 14.4 Å². The lowest BCUT2D eigenvalue weighted by atomic mass is 10.1. The van der Waals surface area contributed by atoms with Gasteiger partial charge in [-0.25, -0.2) is 4.39 Å². The molecule has 2 aromatic rings. The van der Waals surface area contributed by atoms with Gasteiger partial charge in [-0.05, 0) is 48.4 Å². The summed E-state index contributed by atoms with van der Waals surface area (Å²) in [6.07, 6.45) is 0.853. The van der Waals surface area contributed by atoms with E-state index in [0.29, 0.717) is 12.2 Å². The molecule has 2 aromatic carbocycles. The van der Waals surface area contributed by atoms with Crippen molar-refractivity contribution in [2.24, 2.45) is 5.92 Å². The van der Waals surface area contributed by atoms with E-state index in [-0.39, 0.29) is 30.7 Å². The zero-order valence-electron chi connectivity index (χ0n) is 15.4. The Morgan fingerprint density at radius 3 is 2.75 bits per heavy atom. The summed E-state index contributed by atoms with van der Waals surface area (Å²) in [6.45, 7) is 2.45. The normalized spacial score (nSPS) is 18.4. The molecule has 0 aliphatic carbocycles. The molecule has 0 aromatic heterocycles. The lowest BCUT2D eigenvalue weighted by molar-refractivity contribution is -0.122. The van der Waals surface area contributed by atoms with Gasteiger partial charge in [-0.2, -0.15) is 0 Å². The molecule has 1 fully saturated rings. The molecule has 0 bridgehead atoms. The fourth-order valence-electron chi connectivity index (χ4n) is 3.83. The Morgan fingerprint density at radius 2 is 2.00 bits per heavy atom. The number of rotatable bonds is 3. The smallest absolute Gasteiger partial charge is 0.229 e. The summed E-state index contributed by atoms with van der Waals surface area (Å²) in [5.41, 5.74) is 3.00. The molecule has 1 N–H and O–H groups in total. The van der Waals surface area contributed by atoms with Crippen molar-refractivity contribution in [1.82, 2.24) is 0 Å². The highest BCUT2D eigenvalue weighted by Crippen LogP contribution is 2.34. The van der Waals surface area contributed by atoms with E-state index in [0.717, 1.165) is 23.4 Å². The van der Waals surface area contributed by atoms with Crippen molar-refractivity contribution in [3.05, 3.63) is 53.8 Å². The molecule has 0 saturated carbocycles. The second kappa shape index (κ2) is 7.07. The minimum absolute atomic E-state index is 0.00201. The summed E-state index contributed by atoms with van der Waals surface area (Å²) in [4.78, 5) is 40.0. The average molecular weight is 381 g/mol. The largest absolute Gasteiger partial charge is 0.326 e. The number of carbonyl (C=O) groups excluding carboxylic acids is 3. The number of carbonyl (C=O) groups is 3. The Kier molecular flexibility index (Phi) is 4.58. The highest BCUT2D eigenvalue weighted by atomic mass is 19.1. The number of benzene rings is 2. The van der Waals surface area contributed by atoms with E-state index in [1.54, 1.807) is 15.9 Å². The van der Waals surface area contributed by atoms with Gasteiger partial charge in [0.2, 0.25) is 17.7 Å². The number of hydrogen-bond donors (Lipinski definition) is 1. The highest BCUT2D eigenvalue weighted by molar-refractivity contribution is 6.04.